The molecule has 0 saturated carbocycles. The fourth-order valence-corrected chi connectivity index (χ4v) is 6.51. The third-order valence-corrected chi connectivity index (χ3v) is 9.39. The number of hydrogen-bond acceptors (Lipinski definition) is 7. The molecule has 0 fully saturated rings. The number of benzene rings is 3. The third kappa shape index (κ3) is 11.2. The van der Waals surface area contributed by atoms with Crippen LogP contribution in [0.15, 0.2) is 73.1 Å². The van der Waals surface area contributed by atoms with Crippen molar-refractivity contribution in [1.82, 2.24) is 15.1 Å². The van der Waals surface area contributed by atoms with Gasteiger partial charge < -0.3 is 28.9 Å². The predicted octanol–water partition coefficient (Wildman–Crippen LogP) is 6.73. The highest BCUT2D eigenvalue weighted by atomic mass is 16.6. The van der Waals surface area contributed by atoms with Crippen molar-refractivity contribution < 1.29 is 33.1 Å². The smallest absolute Gasteiger partial charge is 0.362 e. The highest BCUT2D eigenvalue weighted by molar-refractivity contribution is 5.97. The maximum Gasteiger partial charge on any atom is 0.362 e. The lowest BCUT2D eigenvalue weighted by atomic mass is 10.1. The van der Waals surface area contributed by atoms with E-state index in [2.05, 4.69) is 23.4 Å². The number of aryl methyl sites for hydroxylation is 1. The van der Waals surface area contributed by atoms with Crippen LogP contribution >= 0.6 is 0 Å². The van der Waals surface area contributed by atoms with E-state index in [9.17, 15) is 14.4 Å². The minimum atomic E-state index is -0.514. The Labute approximate surface area is 319 Å². The molecule has 0 radical (unpaired) electrons. The second-order valence-electron chi connectivity index (χ2n) is 15.7. The van der Waals surface area contributed by atoms with Gasteiger partial charge in [-0.05, 0) is 88.4 Å². The Kier molecular flexibility index (Phi) is 13.2. The number of nitrogens with one attached hydrogen (secondary N) is 1. The number of nitrogens with zero attached hydrogens (tertiary/aromatic N) is 4. The molecule has 1 aliphatic rings. The van der Waals surface area contributed by atoms with Crippen LogP contribution in [0.25, 0.3) is 11.1 Å². The zero-order valence-corrected chi connectivity index (χ0v) is 32.9. The average molecular weight is 739 g/mol. The van der Waals surface area contributed by atoms with E-state index in [1.54, 1.807) is 12.3 Å². The Hall–Kier alpha value is -5.16. The number of carbonyl (C=O) groups is 3. The molecule has 0 atom stereocenters. The van der Waals surface area contributed by atoms with Crippen molar-refractivity contribution in [3.05, 3.63) is 95.3 Å². The van der Waals surface area contributed by atoms with Crippen molar-refractivity contribution in [2.24, 2.45) is 0 Å². The van der Waals surface area contributed by atoms with Gasteiger partial charge in [-0.15, -0.1) is 0 Å². The average Bonchev–Trinajstić information content (AvgIpc) is 3.45. The van der Waals surface area contributed by atoms with Gasteiger partial charge in [0, 0.05) is 48.8 Å². The normalized spacial score (nSPS) is 13.1. The van der Waals surface area contributed by atoms with Crippen molar-refractivity contribution >= 4 is 23.5 Å². The zero-order chi connectivity index (χ0) is 38.9. The molecule has 2 heterocycles. The van der Waals surface area contributed by atoms with E-state index in [1.165, 1.54) is 5.56 Å². The number of rotatable bonds is 15. The number of amides is 2. The first-order valence-corrected chi connectivity index (χ1v) is 18.9. The summed E-state index contributed by atoms with van der Waals surface area (Å²) in [6.07, 6.45) is 6.21. The zero-order valence-electron chi connectivity index (χ0n) is 32.9. The van der Waals surface area contributed by atoms with Gasteiger partial charge in [-0.2, -0.15) is 5.10 Å². The number of aromatic nitrogens is 2. The molecular weight excluding hydrogens is 683 g/mol. The molecule has 0 bridgehead atoms. The molecule has 0 aliphatic carbocycles. The molecule has 54 heavy (non-hydrogen) atoms. The summed E-state index contributed by atoms with van der Waals surface area (Å²) in [6.45, 7) is 13.2. The van der Waals surface area contributed by atoms with Crippen LogP contribution < -0.4 is 19.7 Å². The highest BCUT2D eigenvalue weighted by Crippen LogP contribution is 2.40. The summed E-state index contributed by atoms with van der Waals surface area (Å²) in [7, 11) is 3.97. The van der Waals surface area contributed by atoms with Crippen LogP contribution in [0.3, 0.4) is 0 Å². The predicted molar refractivity (Wildman–Crippen MR) is 211 cm³/mol. The van der Waals surface area contributed by atoms with E-state index in [0.29, 0.717) is 61.5 Å². The topological polar surface area (TPSA) is 112 Å². The van der Waals surface area contributed by atoms with Crippen molar-refractivity contribution in [3.63, 3.8) is 0 Å². The molecule has 2 amide bonds. The number of quaternary nitrogens is 1. The summed E-state index contributed by atoms with van der Waals surface area (Å²) in [4.78, 5) is 40.7. The fourth-order valence-electron chi connectivity index (χ4n) is 6.51. The quantitative estimate of drug-likeness (QED) is 0.0819. The molecule has 1 N–H and O–H groups in total. The molecule has 4 aromatic rings. The van der Waals surface area contributed by atoms with Gasteiger partial charge in [0.05, 0.1) is 52.3 Å². The van der Waals surface area contributed by atoms with Gasteiger partial charge in [0.1, 0.15) is 11.4 Å². The molecule has 0 saturated heterocycles. The van der Waals surface area contributed by atoms with Gasteiger partial charge in [-0.1, -0.05) is 36.4 Å². The lowest BCUT2D eigenvalue weighted by Crippen LogP contribution is -2.47. The Balaban J connectivity index is 1.16. The summed E-state index contributed by atoms with van der Waals surface area (Å²) in [5.41, 5.74) is 5.82. The van der Waals surface area contributed by atoms with Crippen LogP contribution in [0.4, 0.5) is 5.69 Å². The molecule has 1 aromatic heterocycles. The fraction of sp³-hybridized carbons (Fsp3) is 0.442. The van der Waals surface area contributed by atoms with E-state index in [1.807, 2.05) is 106 Å². The van der Waals surface area contributed by atoms with Crippen molar-refractivity contribution in [2.45, 2.75) is 72.4 Å². The van der Waals surface area contributed by atoms with E-state index < -0.39 is 5.60 Å². The molecular formula is C43H56N5O6+. The van der Waals surface area contributed by atoms with Gasteiger partial charge in [0.25, 0.3) is 5.91 Å². The van der Waals surface area contributed by atoms with Gasteiger partial charge in [-0.25, -0.2) is 4.79 Å². The number of para-hydroxylation sites is 1. The minimum Gasteiger partial charge on any atom is -0.493 e. The third-order valence-electron chi connectivity index (χ3n) is 9.39. The van der Waals surface area contributed by atoms with E-state index in [-0.39, 0.29) is 24.3 Å². The Morgan fingerprint density at radius 2 is 1.78 bits per heavy atom. The van der Waals surface area contributed by atoms with E-state index in [4.69, 9.17) is 14.2 Å². The van der Waals surface area contributed by atoms with Crippen LogP contribution in [0.5, 0.6) is 11.5 Å². The Morgan fingerprint density at radius 3 is 2.57 bits per heavy atom. The maximum absolute atomic E-state index is 13.5. The number of ether oxygens (including phenoxy) is 3. The minimum absolute atomic E-state index is 0.0456. The summed E-state index contributed by atoms with van der Waals surface area (Å²) >= 11 is 0. The monoisotopic (exact) mass is 738 g/mol. The maximum atomic E-state index is 13.5. The molecule has 11 nitrogen and oxygen atoms in total. The molecule has 288 valence electrons. The van der Waals surface area contributed by atoms with Gasteiger partial charge in [0.15, 0.2) is 12.3 Å². The van der Waals surface area contributed by atoms with E-state index in [0.717, 1.165) is 53.1 Å². The van der Waals surface area contributed by atoms with Crippen molar-refractivity contribution in [3.8, 4) is 22.6 Å². The molecule has 11 heteroatoms. The Bertz CT molecular complexity index is 1930. The first-order chi connectivity index (χ1) is 25.7. The molecule has 3 aromatic carbocycles. The van der Waals surface area contributed by atoms with Crippen LogP contribution in [0.2, 0.25) is 0 Å². The van der Waals surface area contributed by atoms with Crippen molar-refractivity contribution in [1.29, 1.82) is 0 Å². The van der Waals surface area contributed by atoms with Gasteiger partial charge in [0.2, 0.25) is 5.91 Å². The lowest BCUT2D eigenvalue weighted by molar-refractivity contribution is -0.883. The standard InChI is InChI=1S/C43H55N5O6/c1-31-14-8-19-38(32(31)2)52-24-11-20-39(49)47-22-13-25-53-41-36(17-10-18-37(41)47)35-27-45-46(29-35)28-33-15-9-16-34(26-33)42(51)44-21-12-23-48(6,7)30-40(50)54-43(3,4)5/h8-10,14-19,26-27,29H,11-13,20-25,28,30H2,1-7H3/p+1. The number of hydrogen-bond donors (Lipinski definition) is 1. The summed E-state index contributed by atoms with van der Waals surface area (Å²) < 4.78 is 20.1. The number of fused-ring (bicyclic) bond motifs is 1. The van der Waals surface area contributed by atoms with Crippen LogP contribution in [0.1, 0.15) is 73.5 Å². The van der Waals surface area contributed by atoms with Crippen LogP contribution in [-0.4, -0.2) is 91.1 Å². The van der Waals surface area contributed by atoms with Crippen LogP contribution in [-0.2, 0) is 20.9 Å². The Morgan fingerprint density at radius 1 is 1.00 bits per heavy atom. The largest absolute Gasteiger partial charge is 0.493 e. The van der Waals surface area contributed by atoms with Gasteiger partial charge in [-0.3, -0.25) is 14.3 Å². The summed E-state index contributed by atoms with van der Waals surface area (Å²) in [6, 6.07) is 19.4. The second-order valence-corrected chi connectivity index (χ2v) is 15.7. The van der Waals surface area contributed by atoms with Crippen LogP contribution in [0, 0.1) is 13.8 Å². The number of likely N-dealkylation sites (N-methyl/N-ethyl adjacent to an activating group) is 1. The summed E-state index contributed by atoms with van der Waals surface area (Å²) in [5, 5.41) is 7.64. The number of anilines is 1. The van der Waals surface area contributed by atoms with E-state index >= 15 is 0 Å². The molecule has 1 aliphatic heterocycles. The number of carbonyl (C=O) groups excluding carboxylic acids is 3. The molecule has 0 unspecified atom stereocenters. The number of esters is 1. The first kappa shape index (κ1) is 40.0. The molecule has 5 rings (SSSR count). The first-order valence-electron chi connectivity index (χ1n) is 18.9. The highest BCUT2D eigenvalue weighted by Gasteiger charge is 2.26. The van der Waals surface area contributed by atoms with Gasteiger partial charge >= 0.3 is 5.97 Å². The summed E-state index contributed by atoms with van der Waals surface area (Å²) in [5.74, 6) is 1.21. The second kappa shape index (κ2) is 17.8. The molecule has 0 spiro atoms. The SMILES string of the molecule is Cc1cccc(OCCCC(=O)N2CCCOc3c(-c4cnn(Cc5cccc(C(=O)NCCC[N+](C)(C)CC(=O)OC(C)(C)C)c5)c4)cccc32)c1C. The lowest BCUT2D eigenvalue weighted by Gasteiger charge is -2.30. The van der Waals surface area contributed by atoms with Crippen molar-refractivity contribution in [2.75, 3.05) is 58.4 Å².